The number of carboxylic acid groups (broad SMARTS) is 1. The summed E-state index contributed by atoms with van der Waals surface area (Å²) < 4.78 is 20.1. The summed E-state index contributed by atoms with van der Waals surface area (Å²) in [7, 11) is 0. The second kappa shape index (κ2) is 8.63. The molecular weight excluding hydrogens is 407 g/mol. The van der Waals surface area contributed by atoms with Gasteiger partial charge in [-0.25, -0.2) is 9.18 Å². The molecule has 0 atom stereocenters. The summed E-state index contributed by atoms with van der Waals surface area (Å²) in [5.41, 5.74) is 5.02. The Morgan fingerprint density at radius 1 is 1.16 bits per heavy atom. The van der Waals surface area contributed by atoms with E-state index in [0.717, 1.165) is 16.7 Å². The van der Waals surface area contributed by atoms with Gasteiger partial charge in [0, 0.05) is 23.1 Å². The van der Waals surface area contributed by atoms with Gasteiger partial charge in [0.05, 0.1) is 5.56 Å². The molecule has 0 aromatic heterocycles. The predicted octanol–water partition coefficient (Wildman–Crippen LogP) is 5.88. The lowest BCUT2D eigenvalue weighted by Crippen LogP contribution is -1.99. The van der Waals surface area contributed by atoms with Crippen molar-refractivity contribution in [2.75, 3.05) is 0 Å². The van der Waals surface area contributed by atoms with Crippen LogP contribution in [-0.4, -0.2) is 16.9 Å². The van der Waals surface area contributed by atoms with Crippen LogP contribution < -0.4 is 4.74 Å². The normalized spacial score (nSPS) is 13.8. The van der Waals surface area contributed by atoms with E-state index >= 15 is 0 Å². The molecule has 0 fully saturated rings. The first-order chi connectivity index (χ1) is 15.4. The number of allylic oxidation sites excluding steroid dienone is 1. The van der Waals surface area contributed by atoms with Crippen molar-refractivity contribution < 1.29 is 23.8 Å². The molecular formula is C27H21FO4. The quantitative estimate of drug-likeness (QED) is 0.498. The largest absolute Gasteiger partial charge is 0.489 e. The summed E-state index contributed by atoms with van der Waals surface area (Å²) in [5.74, 6) is -0.778. The van der Waals surface area contributed by atoms with Crippen LogP contribution in [0.3, 0.4) is 0 Å². The molecule has 0 saturated heterocycles. The Labute approximate surface area is 185 Å². The summed E-state index contributed by atoms with van der Waals surface area (Å²) in [6.45, 7) is 5.73. The average Bonchev–Trinajstić information content (AvgIpc) is 3.07. The van der Waals surface area contributed by atoms with E-state index in [9.17, 15) is 14.0 Å². The van der Waals surface area contributed by atoms with E-state index in [-0.39, 0.29) is 23.8 Å². The lowest BCUT2D eigenvalue weighted by Gasteiger charge is -2.08. The molecule has 0 amide bonds. The molecule has 0 radical (unpaired) electrons. The van der Waals surface area contributed by atoms with Gasteiger partial charge in [-0.1, -0.05) is 30.9 Å². The van der Waals surface area contributed by atoms with Crippen molar-refractivity contribution in [1.82, 2.24) is 0 Å². The summed E-state index contributed by atoms with van der Waals surface area (Å²) in [4.78, 5) is 23.7. The molecule has 1 aliphatic carbocycles. The molecule has 0 spiro atoms. The Bertz CT molecular complexity index is 1250. The first-order valence-corrected chi connectivity index (χ1v) is 10.1. The molecule has 5 heteroatoms. The van der Waals surface area contributed by atoms with Crippen LogP contribution in [0.25, 0.3) is 12.2 Å². The predicted molar refractivity (Wildman–Crippen MR) is 121 cm³/mol. The highest BCUT2D eigenvalue weighted by Gasteiger charge is 2.25. The van der Waals surface area contributed by atoms with E-state index in [4.69, 9.17) is 9.84 Å². The number of hydrogen-bond acceptors (Lipinski definition) is 3. The Hall–Kier alpha value is -3.99. The van der Waals surface area contributed by atoms with Gasteiger partial charge in [0.25, 0.3) is 0 Å². The van der Waals surface area contributed by atoms with Gasteiger partial charge in [-0.05, 0) is 71.7 Å². The number of aryl methyl sites for hydroxylation is 1. The molecule has 0 saturated carbocycles. The molecule has 32 heavy (non-hydrogen) atoms. The van der Waals surface area contributed by atoms with Crippen LogP contribution in [0.4, 0.5) is 4.39 Å². The van der Waals surface area contributed by atoms with E-state index in [1.54, 1.807) is 30.3 Å². The number of aromatic carboxylic acids is 1. The van der Waals surface area contributed by atoms with Crippen molar-refractivity contribution in [3.63, 3.8) is 0 Å². The van der Waals surface area contributed by atoms with Crippen molar-refractivity contribution in [3.8, 4) is 5.75 Å². The zero-order chi connectivity index (χ0) is 22.8. The standard InChI is InChI=1S/C27H21FO4/c1-3-23-16(2)10-18(12-25(23)28)11-21-13-20-14-22(8-9-24(20)26(21)29)32-15-17-4-6-19(7-5-17)27(30)31/h3-12,14H,1,13,15H2,2H3,(H,30,31)/b21-11+. The maximum Gasteiger partial charge on any atom is 0.335 e. The second-order valence-electron chi connectivity index (χ2n) is 7.72. The minimum Gasteiger partial charge on any atom is -0.489 e. The fourth-order valence-electron chi connectivity index (χ4n) is 3.84. The fourth-order valence-corrected chi connectivity index (χ4v) is 3.84. The highest BCUT2D eigenvalue weighted by atomic mass is 19.1. The number of carboxylic acids is 1. The van der Waals surface area contributed by atoms with Crippen LogP contribution in [0.15, 0.2) is 66.7 Å². The van der Waals surface area contributed by atoms with Crippen molar-refractivity contribution in [2.24, 2.45) is 0 Å². The molecule has 0 heterocycles. The molecule has 4 rings (SSSR count). The topological polar surface area (TPSA) is 63.6 Å². The van der Waals surface area contributed by atoms with Crippen LogP contribution in [0.1, 0.15) is 48.5 Å². The number of carbonyl (C=O) groups excluding carboxylic acids is 1. The summed E-state index contributed by atoms with van der Waals surface area (Å²) in [6.07, 6.45) is 3.67. The molecule has 0 unspecified atom stereocenters. The Morgan fingerprint density at radius 2 is 1.91 bits per heavy atom. The van der Waals surface area contributed by atoms with Gasteiger partial charge in [-0.15, -0.1) is 0 Å². The minimum absolute atomic E-state index is 0.0679. The number of ketones is 1. The Balaban J connectivity index is 1.50. The second-order valence-corrected chi connectivity index (χ2v) is 7.72. The van der Waals surface area contributed by atoms with Gasteiger partial charge < -0.3 is 9.84 Å². The highest BCUT2D eigenvalue weighted by Crippen LogP contribution is 2.31. The van der Waals surface area contributed by atoms with Gasteiger partial charge in [0.2, 0.25) is 0 Å². The van der Waals surface area contributed by atoms with E-state index in [0.29, 0.717) is 34.4 Å². The average molecular weight is 428 g/mol. The van der Waals surface area contributed by atoms with Gasteiger partial charge >= 0.3 is 5.97 Å². The Kier molecular flexibility index (Phi) is 5.73. The van der Waals surface area contributed by atoms with Crippen LogP contribution >= 0.6 is 0 Å². The van der Waals surface area contributed by atoms with Crippen molar-refractivity contribution in [2.45, 2.75) is 20.0 Å². The van der Waals surface area contributed by atoms with Crippen LogP contribution in [0.2, 0.25) is 0 Å². The molecule has 1 aliphatic rings. The third kappa shape index (κ3) is 4.23. The lowest BCUT2D eigenvalue weighted by atomic mass is 10.0. The van der Waals surface area contributed by atoms with Gasteiger partial charge in [-0.2, -0.15) is 0 Å². The number of fused-ring (bicyclic) bond motifs is 1. The van der Waals surface area contributed by atoms with E-state index in [2.05, 4.69) is 6.58 Å². The SMILES string of the molecule is C=Cc1c(C)cc(/C=C2\Cc3cc(OCc4ccc(C(=O)O)cc4)ccc3C2=O)cc1F. The zero-order valence-electron chi connectivity index (χ0n) is 17.5. The molecule has 4 nitrogen and oxygen atoms in total. The number of hydrogen-bond donors (Lipinski definition) is 1. The maximum absolute atomic E-state index is 14.3. The van der Waals surface area contributed by atoms with Crippen LogP contribution in [-0.2, 0) is 13.0 Å². The first kappa shape index (κ1) is 21.2. The zero-order valence-corrected chi connectivity index (χ0v) is 17.5. The van der Waals surface area contributed by atoms with Gasteiger partial charge in [0.15, 0.2) is 5.78 Å². The maximum atomic E-state index is 14.3. The highest BCUT2D eigenvalue weighted by molar-refractivity contribution is 6.15. The lowest BCUT2D eigenvalue weighted by molar-refractivity contribution is 0.0696. The molecule has 3 aromatic rings. The van der Waals surface area contributed by atoms with Crippen LogP contribution in [0, 0.1) is 12.7 Å². The third-order valence-electron chi connectivity index (χ3n) is 5.50. The fraction of sp³-hybridized carbons (Fsp3) is 0.111. The van der Waals surface area contributed by atoms with Crippen molar-refractivity contribution in [3.05, 3.63) is 112 Å². The number of rotatable bonds is 6. The molecule has 3 aromatic carbocycles. The summed E-state index contributed by atoms with van der Waals surface area (Å²) in [6, 6.07) is 15.1. The number of Topliss-reactive ketones (excluding diaryl/α,β-unsaturated/α-hetero) is 1. The van der Waals surface area contributed by atoms with Gasteiger partial charge in [-0.3, -0.25) is 4.79 Å². The third-order valence-corrected chi connectivity index (χ3v) is 5.50. The van der Waals surface area contributed by atoms with E-state index in [1.807, 2.05) is 19.1 Å². The summed E-state index contributed by atoms with van der Waals surface area (Å²) >= 11 is 0. The summed E-state index contributed by atoms with van der Waals surface area (Å²) in [5, 5.41) is 8.97. The van der Waals surface area contributed by atoms with E-state index < -0.39 is 5.97 Å². The number of halogens is 1. The van der Waals surface area contributed by atoms with Crippen LogP contribution in [0.5, 0.6) is 5.75 Å². The van der Waals surface area contributed by atoms with Gasteiger partial charge in [0.1, 0.15) is 18.2 Å². The smallest absolute Gasteiger partial charge is 0.335 e. The number of carbonyl (C=O) groups is 2. The number of benzene rings is 3. The first-order valence-electron chi connectivity index (χ1n) is 10.1. The van der Waals surface area contributed by atoms with Crippen molar-refractivity contribution in [1.29, 1.82) is 0 Å². The molecule has 1 N–H and O–H groups in total. The monoisotopic (exact) mass is 428 g/mol. The molecule has 160 valence electrons. The molecule has 0 bridgehead atoms. The van der Waals surface area contributed by atoms with Crippen molar-refractivity contribution >= 4 is 23.9 Å². The minimum atomic E-state index is -0.973. The number of ether oxygens (including phenoxy) is 1. The molecule has 0 aliphatic heterocycles. The Morgan fingerprint density at radius 3 is 2.56 bits per heavy atom. The van der Waals surface area contributed by atoms with E-state index in [1.165, 1.54) is 24.3 Å².